The zero-order valence-corrected chi connectivity index (χ0v) is 16.1. The second-order valence-corrected chi connectivity index (χ2v) is 7.68. The van der Waals surface area contributed by atoms with Gasteiger partial charge in [0.2, 0.25) is 0 Å². The lowest BCUT2D eigenvalue weighted by atomic mass is 9.79. The smallest absolute Gasteiger partial charge is 0.396 e. The highest BCUT2D eigenvalue weighted by molar-refractivity contribution is 5.55. The summed E-state index contributed by atoms with van der Waals surface area (Å²) in [7, 11) is 0. The van der Waals surface area contributed by atoms with Crippen molar-refractivity contribution in [2.24, 2.45) is 0 Å². The molecule has 9 heteroatoms. The first-order valence-corrected chi connectivity index (χ1v) is 9.71. The topological polar surface area (TPSA) is 67.1 Å². The molecule has 1 aromatic carbocycles. The third-order valence-corrected chi connectivity index (χ3v) is 5.83. The van der Waals surface area contributed by atoms with Crippen LogP contribution >= 0.6 is 0 Å². The highest BCUT2D eigenvalue weighted by atomic mass is 19.4. The maximum absolute atomic E-state index is 14.8. The van der Waals surface area contributed by atoms with Gasteiger partial charge in [-0.05, 0) is 43.7 Å². The van der Waals surface area contributed by atoms with Crippen LogP contribution in [0.4, 0.5) is 29.1 Å². The molecule has 1 saturated heterocycles. The minimum absolute atomic E-state index is 0.0543. The van der Waals surface area contributed by atoms with Gasteiger partial charge in [0.25, 0.3) is 0 Å². The SMILES string of the molecule is Cc1cc(N)c(F)c(C2CCc3c(ncnc3N3CCNCC3)C2)c1C(F)(F)F. The van der Waals surface area contributed by atoms with Gasteiger partial charge in [0.15, 0.2) is 0 Å². The molecule has 156 valence electrons. The Balaban J connectivity index is 1.73. The third kappa shape index (κ3) is 3.63. The number of aryl methyl sites for hydroxylation is 1. The number of rotatable bonds is 2. The molecule has 2 aliphatic rings. The average molecular weight is 409 g/mol. The lowest BCUT2D eigenvalue weighted by molar-refractivity contribution is -0.139. The van der Waals surface area contributed by atoms with Crippen LogP contribution in [0.25, 0.3) is 0 Å². The maximum atomic E-state index is 14.8. The van der Waals surface area contributed by atoms with E-state index >= 15 is 0 Å². The van der Waals surface area contributed by atoms with Crippen LogP contribution in [0.2, 0.25) is 0 Å². The molecule has 0 bridgehead atoms. The molecule has 0 radical (unpaired) electrons. The molecule has 3 N–H and O–H groups in total. The standard InChI is InChI=1S/C20H23F4N5/c1-11-8-14(25)18(21)16(17(11)20(22,23)24)12-2-3-13-15(9-12)27-10-28-19(13)29-6-4-26-5-7-29/h8,10,12,26H,2-7,9,25H2,1H3. The number of nitrogens with two attached hydrogens (primary N) is 1. The molecule has 1 atom stereocenters. The Hall–Kier alpha value is -2.42. The predicted octanol–water partition coefficient (Wildman–Crippen LogP) is 3.21. The van der Waals surface area contributed by atoms with Gasteiger partial charge in [-0.2, -0.15) is 13.2 Å². The molecule has 0 amide bonds. The van der Waals surface area contributed by atoms with E-state index in [4.69, 9.17) is 5.73 Å². The molecule has 1 aliphatic carbocycles. The Morgan fingerprint density at radius 1 is 1.21 bits per heavy atom. The summed E-state index contributed by atoms with van der Waals surface area (Å²) in [5.74, 6) is -0.755. The van der Waals surface area contributed by atoms with Crippen LogP contribution in [0.3, 0.4) is 0 Å². The van der Waals surface area contributed by atoms with Crippen LogP contribution in [-0.2, 0) is 19.0 Å². The molecule has 4 rings (SSSR count). The zero-order chi connectivity index (χ0) is 20.8. The zero-order valence-electron chi connectivity index (χ0n) is 16.1. The fraction of sp³-hybridized carbons (Fsp3) is 0.500. The van der Waals surface area contributed by atoms with E-state index in [1.54, 1.807) is 0 Å². The van der Waals surface area contributed by atoms with Crippen molar-refractivity contribution in [3.05, 3.63) is 46.2 Å². The van der Waals surface area contributed by atoms with Crippen LogP contribution in [0, 0.1) is 12.7 Å². The summed E-state index contributed by atoms with van der Waals surface area (Å²) >= 11 is 0. The summed E-state index contributed by atoms with van der Waals surface area (Å²) < 4.78 is 56.0. The summed E-state index contributed by atoms with van der Waals surface area (Å²) in [5.41, 5.74) is 5.78. The van der Waals surface area contributed by atoms with Crippen LogP contribution in [0.15, 0.2) is 12.4 Å². The van der Waals surface area contributed by atoms with Crippen molar-refractivity contribution in [3.63, 3.8) is 0 Å². The Labute approximate surface area is 166 Å². The van der Waals surface area contributed by atoms with Crippen molar-refractivity contribution >= 4 is 11.5 Å². The summed E-state index contributed by atoms with van der Waals surface area (Å²) in [6.07, 6.45) is -2.07. The van der Waals surface area contributed by atoms with E-state index in [0.717, 1.165) is 43.6 Å². The Morgan fingerprint density at radius 2 is 1.93 bits per heavy atom. The predicted molar refractivity (Wildman–Crippen MR) is 102 cm³/mol. The van der Waals surface area contributed by atoms with Crippen molar-refractivity contribution in [2.75, 3.05) is 36.8 Å². The number of aromatic nitrogens is 2. The van der Waals surface area contributed by atoms with E-state index in [0.29, 0.717) is 18.5 Å². The second kappa shape index (κ2) is 7.44. The van der Waals surface area contributed by atoms with E-state index in [1.807, 2.05) is 0 Å². The van der Waals surface area contributed by atoms with Gasteiger partial charge >= 0.3 is 6.18 Å². The number of hydrogen-bond donors (Lipinski definition) is 2. The maximum Gasteiger partial charge on any atom is 0.417 e. The molecule has 2 heterocycles. The first kappa shape index (κ1) is 19.9. The Kier molecular flexibility index (Phi) is 5.10. The molecule has 1 fully saturated rings. The summed E-state index contributed by atoms with van der Waals surface area (Å²) in [4.78, 5) is 10.9. The number of piperazine rings is 1. The number of alkyl halides is 3. The molecule has 1 aliphatic heterocycles. The van der Waals surface area contributed by atoms with Crippen LogP contribution in [0.5, 0.6) is 0 Å². The summed E-state index contributed by atoms with van der Waals surface area (Å²) in [5, 5.41) is 3.29. The van der Waals surface area contributed by atoms with Gasteiger partial charge in [-0.15, -0.1) is 0 Å². The number of nitrogens with zero attached hydrogens (tertiary/aromatic N) is 3. The van der Waals surface area contributed by atoms with Crippen molar-refractivity contribution in [1.82, 2.24) is 15.3 Å². The van der Waals surface area contributed by atoms with Gasteiger partial charge in [-0.25, -0.2) is 14.4 Å². The minimum atomic E-state index is -4.65. The molecular weight excluding hydrogens is 386 g/mol. The van der Waals surface area contributed by atoms with Crippen molar-refractivity contribution in [3.8, 4) is 0 Å². The number of fused-ring (bicyclic) bond motifs is 1. The number of anilines is 2. The minimum Gasteiger partial charge on any atom is -0.396 e. The van der Waals surface area contributed by atoms with Gasteiger partial charge in [-0.3, -0.25) is 0 Å². The van der Waals surface area contributed by atoms with Crippen LogP contribution in [-0.4, -0.2) is 36.1 Å². The van der Waals surface area contributed by atoms with Crippen molar-refractivity contribution in [1.29, 1.82) is 0 Å². The van der Waals surface area contributed by atoms with Gasteiger partial charge in [-0.1, -0.05) is 0 Å². The summed E-state index contributed by atoms with van der Waals surface area (Å²) in [6, 6.07) is 1.06. The molecule has 1 unspecified atom stereocenters. The largest absolute Gasteiger partial charge is 0.417 e. The van der Waals surface area contributed by atoms with E-state index in [9.17, 15) is 17.6 Å². The average Bonchev–Trinajstić information content (AvgIpc) is 2.69. The van der Waals surface area contributed by atoms with E-state index < -0.39 is 23.5 Å². The fourth-order valence-electron chi connectivity index (χ4n) is 4.53. The van der Waals surface area contributed by atoms with E-state index in [2.05, 4.69) is 20.2 Å². The lowest BCUT2D eigenvalue weighted by Gasteiger charge is -2.33. The quantitative estimate of drug-likeness (QED) is 0.589. The molecule has 0 spiro atoms. The van der Waals surface area contributed by atoms with E-state index in [1.165, 1.54) is 13.3 Å². The van der Waals surface area contributed by atoms with Crippen LogP contribution < -0.4 is 16.0 Å². The molecule has 29 heavy (non-hydrogen) atoms. The van der Waals surface area contributed by atoms with Gasteiger partial charge in [0, 0.05) is 43.0 Å². The van der Waals surface area contributed by atoms with Crippen LogP contribution in [0.1, 0.15) is 40.3 Å². The number of benzene rings is 1. The van der Waals surface area contributed by atoms with Gasteiger partial charge in [0.05, 0.1) is 11.3 Å². The molecule has 0 saturated carbocycles. The molecular formula is C20H23F4N5. The number of nitrogens with one attached hydrogen (secondary N) is 1. The number of hydrogen-bond acceptors (Lipinski definition) is 5. The lowest BCUT2D eigenvalue weighted by Crippen LogP contribution is -2.44. The first-order valence-electron chi connectivity index (χ1n) is 9.71. The van der Waals surface area contributed by atoms with Gasteiger partial charge < -0.3 is 16.0 Å². The highest BCUT2D eigenvalue weighted by Crippen LogP contribution is 2.44. The fourth-order valence-corrected chi connectivity index (χ4v) is 4.53. The number of halogens is 4. The van der Waals surface area contributed by atoms with Gasteiger partial charge in [0.1, 0.15) is 18.0 Å². The number of nitrogen functional groups attached to an aromatic ring is 1. The first-order chi connectivity index (χ1) is 13.8. The Morgan fingerprint density at radius 3 is 2.62 bits per heavy atom. The van der Waals surface area contributed by atoms with Crippen molar-refractivity contribution in [2.45, 2.75) is 38.3 Å². The normalized spacial score (nSPS) is 19.9. The second-order valence-electron chi connectivity index (χ2n) is 7.68. The van der Waals surface area contributed by atoms with E-state index in [-0.39, 0.29) is 23.2 Å². The molecule has 5 nitrogen and oxygen atoms in total. The Bertz CT molecular complexity index is 922. The molecule has 1 aromatic heterocycles. The summed E-state index contributed by atoms with van der Waals surface area (Å²) in [6.45, 7) is 4.65. The highest BCUT2D eigenvalue weighted by Gasteiger charge is 2.40. The van der Waals surface area contributed by atoms with Crippen molar-refractivity contribution < 1.29 is 17.6 Å². The third-order valence-electron chi connectivity index (χ3n) is 5.83. The monoisotopic (exact) mass is 409 g/mol. The molecule has 2 aromatic rings.